The molecule has 0 heterocycles. The summed E-state index contributed by atoms with van der Waals surface area (Å²) in [5.41, 5.74) is 1.81. The van der Waals surface area contributed by atoms with Crippen LogP contribution in [0.15, 0.2) is 36.4 Å². The van der Waals surface area contributed by atoms with Gasteiger partial charge in [0.25, 0.3) is 0 Å². The van der Waals surface area contributed by atoms with Gasteiger partial charge in [-0.3, -0.25) is 0 Å². The molecule has 0 aliphatic rings. The Bertz CT molecular complexity index is 654. The van der Waals surface area contributed by atoms with Crippen LogP contribution in [0.4, 0.5) is 5.69 Å². The van der Waals surface area contributed by atoms with Gasteiger partial charge in [0.05, 0.1) is 17.7 Å². The lowest BCUT2D eigenvalue weighted by atomic mass is 10.2. The van der Waals surface area contributed by atoms with Crippen molar-refractivity contribution in [3.05, 3.63) is 62.6 Å². The second-order valence-corrected chi connectivity index (χ2v) is 5.46. The van der Waals surface area contributed by atoms with E-state index < -0.39 is 5.97 Å². The molecule has 2 aromatic carbocycles. The van der Waals surface area contributed by atoms with Crippen LogP contribution >= 0.6 is 34.8 Å². The first kappa shape index (κ1) is 16.0. The molecular weight excluding hydrogens is 333 g/mol. The summed E-state index contributed by atoms with van der Waals surface area (Å²) in [5.74, 6) is -0.487. The number of benzene rings is 2. The molecule has 0 bridgehead atoms. The molecule has 110 valence electrons. The zero-order valence-corrected chi connectivity index (χ0v) is 13.4. The maximum Gasteiger partial charge on any atom is 0.339 e. The quantitative estimate of drug-likeness (QED) is 0.789. The number of hydrogen-bond donors (Lipinski definition) is 1. The van der Waals surface area contributed by atoms with Crippen LogP contribution in [0.25, 0.3) is 0 Å². The van der Waals surface area contributed by atoms with E-state index in [2.05, 4.69) is 10.1 Å². The third kappa shape index (κ3) is 3.82. The Morgan fingerprint density at radius 3 is 2.38 bits per heavy atom. The van der Waals surface area contributed by atoms with Crippen molar-refractivity contribution >= 4 is 46.5 Å². The van der Waals surface area contributed by atoms with Crippen molar-refractivity contribution in [3.63, 3.8) is 0 Å². The smallest absolute Gasteiger partial charge is 0.339 e. The van der Waals surface area contributed by atoms with E-state index in [-0.39, 0.29) is 0 Å². The first-order valence-electron chi connectivity index (χ1n) is 6.07. The zero-order valence-electron chi connectivity index (χ0n) is 11.1. The Labute approximate surface area is 137 Å². The fourth-order valence-electron chi connectivity index (χ4n) is 1.79. The van der Waals surface area contributed by atoms with Gasteiger partial charge in [-0.1, -0.05) is 40.9 Å². The number of carbonyl (C=O) groups excluding carboxylic acids is 1. The van der Waals surface area contributed by atoms with Crippen LogP contribution in [0.1, 0.15) is 15.9 Å². The molecule has 21 heavy (non-hydrogen) atoms. The maximum absolute atomic E-state index is 11.6. The summed E-state index contributed by atoms with van der Waals surface area (Å²) in [5, 5.41) is 4.65. The molecule has 0 fully saturated rings. The number of halogens is 3. The van der Waals surface area contributed by atoms with Crippen molar-refractivity contribution in [1.29, 1.82) is 0 Å². The summed E-state index contributed by atoms with van der Waals surface area (Å²) in [4.78, 5) is 11.6. The second-order valence-electron chi connectivity index (χ2n) is 4.24. The number of rotatable bonds is 4. The fourth-order valence-corrected chi connectivity index (χ4v) is 2.52. The summed E-state index contributed by atoms with van der Waals surface area (Å²) in [6.45, 7) is 0.431. The highest BCUT2D eigenvalue weighted by molar-refractivity contribution is 6.36. The molecule has 1 N–H and O–H groups in total. The molecule has 0 atom stereocenters. The highest BCUT2D eigenvalue weighted by Crippen LogP contribution is 2.26. The van der Waals surface area contributed by atoms with Crippen LogP contribution < -0.4 is 5.32 Å². The number of methoxy groups -OCH3 is 1. The molecule has 0 aliphatic carbocycles. The van der Waals surface area contributed by atoms with E-state index in [9.17, 15) is 4.79 Å². The van der Waals surface area contributed by atoms with Gasteiger partial charge >= 0.3 is 5.97 Å². The minimum atomic E-state index is -0.487. The maximum atomic E-state index is 11.6. The topological polar surface area (TPSA) is 38.3 Å². The van der Waals surface area contributed by atoms with Gasteiger partial charge in [-0.05, 0) is 30.3 Å². The molecular formula is C15H12Cl3NO2. The van der Waals surface area contributed by atoms with Crippen LogP contribution in [0.5, 0.6) is 0 Å². The fraction of sp³-hybridized carbons (Fsp3) is 0.133. The minimum Gasteiger partial charge on any atom is -0.465 e. The van der Waals surface area contributed by atoms with Crippen LogP contribution in [0, 0.1) is 0 Å². The van der Waals surface area contributed by atoms with Crippen LogP contribution in [-0.4, -0.2) is 13.1 Å². The van der Waals surface area contributed by atoms with Crippen molar-refractivity contribution in [3.8, 4) is 0 Å². The van der Waals surface area contributed by atoms with Crippen molar-refractivity contribution in [2.45, 2.75) is 6.54 Å². The molecule has 3 nitrogen and oxygen atoms in total. The van der Waals surface area contributed by atoms with Crippen LogP contribution in [0.2, 0.25) is 15.1 Å². The number of anilines is 1. The highest BCUT2D eigenvalue weighted by Gasteiger charge is 2.12. The van der Waals surface area contributed by atoms with Gasteiger partial charge in [-0.15, -0.1) is 0 Å². The van der Waals surface area contributed by atoms with E-state index in [4.69, 9.17) is 34.8 Å². The van der Waals surface area contributed by atoms with E-state index in [1.165, 1.54) is 7.11 Å². The molecule has 6 heteroatoms. The predicted molar refractivity (Wildman–Crippen MR) is 86.6 cm³/mol. The van der Waals surface area contributed by atoms with E-state index in [1.54, 1.807) is 36.4 Å². The molecule has 0 aromatic heterocycles. The summed E-state index contributed by atoms with van der Waals surface area (Å²) < 4.78 is 4.68. The largest absolute Gasteiger partial charge is 0.465 e. The van der Waals surface area contributed by atoms with Gasteiger partial charge in [0.15, 0.2) is 0 Å². The Balaban J connectivity index is 2.19. The molecule has 0 saturated heterocycles. The summed E-state index contributed by atoms with van der Waals surface area (Å²) in [7, 11) is 1.31. The molecule has 0 spiro atoms. The molecule has 2 aromatic rings. The SMILES string of the molecule is COC(=O)c1cc(NCc2c(Cl)cccc2Cl)ccc1Cl. The lowest BCUT2D eigenvalue weighted by Crippen LogP contribution is -2.05. The predicted octanol–water partition coefficient (Wildman–Crippen LogP) is 5.05. The first-order chi connectivity index (χ1) is 10.0. The number of ether oxygens (including phenoxy) is 1. The lowest BCUT2D eigenvalue weighted by molar-refractivity contribution is 0.0601. The van der Waals surface area contributed by atoms with Gasteiger partial charge in [-0.25, -0.2) is 4.79 Å². The molecule has 0 aliphatic heterocycles. The van der Waals surface area contributed by atoms with E-state index in [1.807, 2.05) is 0 Å². The van der Waals surface area contributed by atoms with Gasteiger partial charge in [-0.2, -0.15) is 0 Å². The van der Waals surface area contributed by atoms with Crippen LogP contribution in [-0.2, 0) is 11.3 Å². The number of hydrogen-bond acceptors (Lipinski definition) is 3. The number of nitrogens with one attached hydrogen (secondary N) is 1. The lowest BCUT2D eigenvalue weighted by Gasteiger charge is -2.11. The van der Waals surface area contributed by atoms with E-state index >= 15 is 0 Å². The van der Waals surface area contributed by atoms with Gasteiger partial charge < -0.3 is 10.1 Å². The Morgan fingerprint density at radius 1 is 1.10 bits per heavy atom. The molecule has 0 radical (unpaired) electrons. The molecule has 0 amide bonds. The average molecular weight is 345 g/mol. The van der Waals surface area contributed by atoms with Crippen molar-refractivity contribution < 1.29 is 9.53 Å². The normalized spacial score (nSPS) is 10.3. The number of esters is 1. The second kappa shape index (κ2) is 7.03. The highest BCUT2D eigenvalue weighted by atomic mass is 35.5. The minimum absolute atomic E-state index is 0.300. The van der Waals surface area contributed by atoms with Crippen molar-refractivity contribution in [2.75, 3.05) is 12.4 Å². The Morgan fingerprint density at radius 2 is 1.76 bits per heavy atom. The van der Waals surface area contributed by atoms with E-state index in [0.717, 1.165) is 11.3 Å². The van der Waals surface area contributed by atoms with Gasteiger partial charge in [0.1, 0.15) is 0 Å². The monoisotopic (exact) mass is 343 g/mol. The summed E-state index contributed by atoms with van der Waals surface area (Å²) >= 11 is 18.2. The Kier molecular flexibility index (Phi) is 5.34. The zero-order chi connectivity index (χ0) is 15.4. The third-order valence-electron chi connectivity index (χ3n) is 2.90. The standard InChI is InChI=1S/C15H12Cl3NO2/c1-21-15(20)10-7-9(5-6-14(10)18)19-8-11-12(16)3-2-4-13(11)17/h2-7,19H,8H2,1H3. The third-order valence-corrected chi connectivity index (χ3v) is 3.94. The van der Waals surface area contributed by atoms with Crippen molar-refractivity contribution in [1.82, 2.24) is 0 Å². The van der Waals surface area contributed by atoms with Crippen molar-refractivity contribution in [2.24, 2.45) is 0 Å². The molecule has 2 rings (SSSR count). The van der Waals surface area contributed by atoms with Gasteiger partial charge in [0.2, 0.25) is 0 Å². The molecule has 0 unspecified atom stereocenters. The first-order valence-corrected chi connectivity index (χ1v) is 7.21. The summed E-state index contributed by atoms with van der Waals surface area (Å²) in [6, 6.07) is 10.3. The Hall–Kier alpha value is -1.42. The van der Waals surface area contributed by atoms with Crippen LogP contribution in [0.3, 0.4) is 0 Å². The molecule has 0 saturated carbocycles. The average Bonchev–Trinajstić information content (AvgIpc) is 2.47. The number of carbonyl (C=O) groups is 1. The van der Waals surface area contributed by atoms with E-state index in [0.29, 0.717) is 27.2 Å². The summed E-state index contributed by atoms with van der Waals surface area (Å²) in [6.07, 6.45) is 0. The van der Waals surface area contributed by atoms with Gasteiger partial charge in [0, 0.05) is 27.8 Å².